The van der Waals surface area contributed by atoms with Crippen molar-refractivity contribution in [3.63, 3.8) is 0 Å². The summed E-state index contributed by atoms with van der Waals surface area (Å²) in [5.41, 5.74) is 5.01. The lowest BCUT2D eigenvalue weighted by Crippen LogP contribution is -2.31. The Balaban J connectivity index is 2.06. The smallest absolute Gasteiger partial charge is 0.0754 e. The van der Waals surface area contributed by atoms with Crippen molar-refractivity contribution >= 4 is 0 Å². The molecule has 0 saturated heterocycles. The number of benzene rings is 1. The van der Waals surface area contributed by atoms with Crippen molar-refractivity contribution < 1.29 is 0 Å². The Hall–Kier alpha value is -1.67. The zero-order chi connectivity index (χ0) is 11.7. The molecular formula is C15H16N2. The molecule has 3 rings (SSSR count). The van der Waals surface area contributed by atoms with Gasteiger partial charge in [-0.1, -0.05) is 30.3 Å². The topological polar surface area (TPSA) is 24.9 Å². The van der Waals surface area contributed by atoms with Crippen LogP contribution in [-0.4, -0.2) is 11.5 Å². The summed E-state index contributed by atoms with van der Waals surface area (Å²) in [7, 11) is 0. The maximum atomic E-state index is 4.63. The van der Waals surface area contributed by atoms with Gasteiger partial charge in [-0.15, -0.1) is 0 Å². The van der Waals surface area contributed by atoms with Gasteiger partial charge in [0.15, 0.2) is 0 Å². The molecule has 1 atom stereocenters. The normalized spacial score (nSPS) is 18.8. The number of rotatable bonds is 1. The summed E-state index contributed by atoms with van der Waals surface area (Å²) in [4.78, 5) is 4.63. The Bertz CT molecular complexity index is 534. The molecule has 86 valence electrons. The van der Waals surface area contributed by atoms with Crippen molar-refractivity contribution in [3.05, 3.63) is 65.0 Å². The summed E-state index contributed by atoms with van der Waals surface area (Å²) in [6, 6.07) is 15.1. The average Bonchev–Trinajstić information content (AvgIpc) is 2.38. The first kappa shape index (κ1) is 10.5. The highest BCUT2D eigenvalue weighted by Crippen LogP contribution is 2.27. The van der Waals surface area contributed by atoms with Crippen molar-refractivity contribution in [1.29, 1.82) is 0 Å². The zero-order valence-corrected chi connectivity index (χ0v) is 9.98. The van der Waals surface area contributed by atoms with Crippen LogP contribution in [0.3, 0.4) is 0 Å². The highest BCUT2D eigenvalue weighted by atomic mass is 15.0. The van der Waals surface area contributed by atoms with Crippen LogP contribution in [-0.2, 0) is 6.42 Å². The molecule has 1 aromatic heterocycles. The van der Waals surface area contributed by atoms with Crippen LogP contribution in [0.4, 0.5) is 0 Å². The number of pyridine rings is 1. The Morgan fingerprint density at radius 1 is 1.12 bits per heavy atom. The third kappa shape index (κ3) is 1.96. The lowest BCUT2D eigenvalue weighted by molar-refractivity contribution is 0.556. The van der Waals surface area contributed by atoms with Crippen molar-refractivity contribution in [2.24, 2.45) is 0 Å². The summed E-state index contributed by atoms with van der Waals surface area (Å²) in [5, 5.41) is 3.56. The number of fused-ring (bicyclic) bond motifs is 1. The van der Waals surface area contributed by atoms with Gasteiger partial charge in [-0.3, -0.25) is 4.98 Å². The zero-order valence-electron chi connectivity index (χ0n) is 9.98. The van der Waals surface area contributed by atoms with E-state index in [0.29, 0.717) is 0 Å². The molecule has 1 aromatic carbocycles. The summed E-state index contributed by atoms with van der Waals surface area (Å²) in [6.07, 6.45) is 1.11. The molecule has 1 aliphatic rings. The quantitative estimate of drug-likeness (QED) is 0.805. The van der Waals surface area contributed by atoms with Gasteiger partial charge >= 0.3 is 0 Å². The lowest BCUT2D eigenvalue weighted by atomic mass is 9.92. The Kier molecular flexibility index (Phi) is 2.65. The molecule has 0 bridgehead atoms. The third-order valence-electron chi connectivity index (χ3n) is 3.31. The van der Waals surface area contributed by atoms with Crippen LogP contribution >= 0.6 is 0 Å². The molecule has 0 aliphatic carbocycles. The van der Waals surface area contributed by atoms with E-state index in [1.54, 1.807) is 0 Å². The molecule has 1 unspecified atom stereocenters. The molecule has 0 amide bonds. The molecule has 0 saturated carbocycles. The molecular weight excluding hydrogens is 208 g/mol. The van der Waals surface area contributed by atoms with Gasteiger partial charge in [0.1, 0.15) is 0 Å². The van der Waals surface area contributed by atoms with E-state index in [1.165, 1.54) is 11.1 Å². The number of aromatic nitrogens is 1. The van der Waals surface area contributed by atoms with Crippen molar-refractivity contribution in [1.82, 2.24) is 10.3 Å². The fourth-order valence-electron chi connectivity index (χ4n) is 2.49. The molecule has 2 nitrogen and oxygen atoms in total. The molecule has 0 fully saturated rings. The molecule has 2 aromatic rings. The van der Waals surface area contributed by atoms with Crippen LogP contribution in [0.25, 0.3) is 0 Å². The second-order valence-electron chi connectivity index (χ2n) is 4.54. The monoisotopic (exact) mass is 224 g/mol. The SMILES string of the molecule is Cc1cccc(C2NCCc3ccccc32)n1. The van der Waals surface area contributed by atoms with Gasteiger partial charge in [-0.25, -0.2) is 0 Å². The first-order valence-electron chi connectivity index (χ1n) is 6.09. The molecule has 17 heavy (non-hydrogen) atoms. The van der Waals surface area contributed by atoms with Gasteiger partial charge < -0.3 is 5.32 Å². The summed E-state index contributed by atoms with van der Waals surface area (Å²) in [5.74, 6) is 0. The van der Waals surface area contributed by atoms with Crippen LogP contribution in [0.15, 0.2) is 42.5 Å². The predicted octanol–water partition coefficient (Wildman–Crippen LogP) is 2.63. The minimum absolute atomic E-state index is 0.250. The fourth-order valence-corrected chi connectivity index (χ4v) is 2.49. The standard InChI is InChI=1S/C15H16N2/c1-11-5-4-8-14(17-11)15-13-7-3-2-6-12(13)9-10-16-15/h2-8,15-16H,9-10H2,1H3. The molecule has 0 radical (unpaired) electrons. The van der Waals surface area contributed by atoms with E-state index >= 15 is 0 Å². The van der Waals surface area contributed by atoms with Crippen molar-refractivity contribution in [2.45, 2.75) is 19.4 Å². The van der Waals surface area contributed by atoms with E-state index < -0.39 is 0 Å². The van der Waals surface area contributed by atoms with E-state index in [1.807, 2.05) is 13.0 Å². The van der Waals surface area contributed by atoms with Gasteiger partial charge in [0.25, 0.3) is 0 Å². The molecule has 2 heteroatoms. The van der Waals surface area contributed by atoms with Crippen molar-refractivity contribution in [3.8, 4) is 0 Å². The highest BCUT2D eigenvalue weighted by molar-refractivity contribution is 5.37. The van der Waals surface area contributed by atoms with E-state index in [-0.39, 0.29) is 6.04 Å². The first-order chi connectivity index (χ1) is 8.34. The van der Waals surface area contributed by atoms with Crippen LogP contribution in [0, 0.1) is 6.92 Å². The molecule has 0 spiro atoms. The summed E-state index contributed by atoms with van der Waals surface area (Å²) in [6.45, 7) is 3.07. The summed E-state index contributed by atoms with van der Waals surface area (Å²) < 4.78 is 0. The second-order valence-corrected chi connectivity index (χ2v) is 4.54. The molecule has 2 heterocycles. The van der Waals surface area contributed by atoms with Gasteiger partial charge in [-0.05, 0) is 36.6 Å². The maximum absolute atomic E-state index is 4.63. The molecule has 1 N–H and O–H groups in total. The molecule has 1 aliphatic heterocycles. The van der Waals surface area contributed by atoms with Crippen LogP contribution < -0.4 is 5.32 Å². The predicted molar refractivity (Wildman–Crippen MR) is 69.0 cm³/mol. The van der Waals surface area contributed by atoms with Gasteiger partial charge in [0.05, 0.1) is 11.7 Å². The summed E-state index contributed by atoms with van der Waals surface area (Å²) >= 11 is 0. The van der Waals surface area contributed by atoms with Crippen LogP contribution in [0.2, 0.25) is 0 Å². The number of aryl methyl sites for hydroxylation is 1. The van der Waals surface area contributed by atoms with Crippen molar-refractivity contribution in [2.75, 3.05) is 6.54 Å². The van der Waals surface area contributed by atoms with E-state index in [4.69, 9.17) is 0 Å². The Labute approximate surface area is 102 Å². The van der Waals surface area contributed by atoms with Crippen LogP contribution in [0.1, 0.15) is 28.6 Å². The number of hydrogen-bond acceptors (Lipinski definition) is 2. The van der Waals surface area contributed by atoms with Gasteiger partial charge in [0, 0.05) is 12.2 Å². The first-order valence-corrected chi connectivity index (χ1v) is 6.09. The Morgan fingerprint density at radius 2 is 2.00 bits per heavy atom. The third-order valence-corrected chi connectivity index (χ3v) is 3.31. The minimum Gasteiger partial charge on any atom is -0.305 e. The largest absolute Gasteiger partial charge is 0.305 e. The highest BCUT2D eigenvalue weighted by Gasteiger charge is 2.21. The Morgan fingerprint density at radius 3 is 2.88 bits per heavy atom. The minimum atomic E-state index is 0.250. The van der Waals surface area contributed by atoms with Crippen LogP contribution in [0.5, 0.6) is 0 Å². The maximum Gasteiger partial charge on any atom is 0.0754 e. The average molecular weight is 224 g/mol. The van der Waals surface area contributed by atoms with Gasteiger partial charge in [-0.2, -0.15) is 0 Å². The van der Waals surface area contributed by atoms with E-state index in [9.17, 15) is 0 Å². The number of nitrogens with one attached hydrogen (secondary N) is 1. The van der Waals surface area contributed by atoms with Gasteiger partial charge in [0.2, 0.25) is 0 Å². The lowest BCUT2D eigenvalue weighted by Gasteiger charge is -2.26. The van der Waals surface area contributed by atoms with E-state index in [0.717, 1.165) is 24.4 Å². The fraction of sp³-hybridized carbons (Fsp3) is 0.267. The second kappa shape index (κ2) is 4.30. The number of nitrogens with zero attached hydrogens (tertiary/aromatic N) is 1. The number of hydrogen-bond donors (Lipinski definition) is 1. The van der Waals surface area contributed by atoms with E-state index in [2.05, 4.69) is 46.7 Å².